The monoisotopic (exact) mass is 466 g/mol. The molecular weight excluding hydrogens is 439 g/mol. The third-order valence-electron chi connectivity index (χ3n) is 6.60. The van der Waals surface area contributed by atoms with E-state index in [0.717, 1.165) is 31.9 Å². The Bertz CT molecular complexity index is 1350. The van der Waals surface area contributed by atoms with Crippen molar-refractivity contribution in [3.63, 3.8) is 0 Å². The molecule has 9 nitrogen and oxygen atoms in total. The van der Waals surface area contributed by atoms with Crippen molar-refractivity contribution in [2.75, 3.05) is 5.32 Å². The molecule has 0 bridgehead atoms. The number of fused-ring (bicyclic) bond motifs is 2. The zero-order valence-electron chi connectivity index (χ0n) is 19.5. The molecule has 0 spiro atoms. The number of nitrogens with one attached hydrogen (secondary N) is 1. The maximum Gasteiger partial charge on any atom is 0.280 e. The molecule has 0 unspecified atom stereocenters. The maximum absolute atomic E-state index is 13.5. The van der Waals surface area contributed by atoms with Crippen LogP contribution in [0.5, 0.6) is 0 Å². The lowest BCUT2D eigenvalue weighted by Crippen LogP contribution is -2.34. The fourth-order valence-corrected chi connectivity index (χ4v) is 4.80. The number of nitrogens with zero attached hydrogens (tertiary/aromatic N) is 5. The molecule has 1 fully saturated rings. The zero-order chi connectivity index (χ0) is 24.2. The number of hydrogen-bond acceptors (Lipinski definition) is 5. The molecule has 0 saturated heterocycles. The molecule has 1 N–H and O–H groups in total. The van der Waals surface area contributed by atoms with Gasteiger partial charge in [-0.2, -0.15) is 9.61 Å². The van der Waals surface area contributed by atoms with Crippen LogP contribution in [-0.4, -0.2) is 41.9 Å². The third-order valence-corrected chi connectivity index (χ3v) is 6.60. The Kier molecular flexibility index (Phi) is 5.26. The van der Waals surface area contributed by atoms with Gasteiger partial charge >= 0.3 is 0 Å². The minimum absolute atomic E-state index is 0.0995. The molecule has 178 valence electrons. The Morgan fingerprint density at radius 1 is 1.21 bits per heavy atom. The number of hydrogen-bond donors (Lipinski definition) is 1. The lowest BCUT2D eigenvalue weighted by Gasteiger charge is -2.23. The number of carbonyl (C=O) groups is 2. The summed E-state index contributed by atoms with van der Waals surface area (Å²) in [5.74, 6) is -0.988. The van der Waals surface area contributed by atoms with Gasteiger partial charge in [-0.1, -0.05) is 33.6 Å². The Hall–Kier alpha value is -3.56. The number of aromatic nitrogens is 4. The van der Waals surface area contributed by atoms with Crippen LogP contribution in [0.2, 0.25) is 0 Å². The lowest BCUT2D eigenvalue weighted by molar-refractivity contribution is -0.116. The minimum atomic E-state index is -0.510. The Morgan fingerprint density at radius 3 is 2.59 bits per heavy atom. The number of anilines is 1. The first kappa shape index (κ1) is 22.2. The smallest absolute Gasteiger partial charge is 0.280 e. The first-order valence-corrected chi connectivity index (χ1v) is 11.5. The Morgan fingerprint density at radius 2 is 1.94 bits per heavy atom. The molecule has 1 aliphatic heterocycles. The number of carbonyl (C=O) groups excluding carboxylic acids is 2. The van der Waals surface area contributed by atoms with Crippen molar-refractivity contribution >= 4 is 23.3 Å². The second kappa shape index (κ2) is 8.03. The van der Waals surface area contributed by atoms with Crippen molar-refractivity contribution in [3.8, 4) is 0 Å². The van der Waals surface area contributed by atoms with E-state index in [1.54, 1.807) is 15.5 Å². The summed E-state index contributed by atoms with van der Waals surface area (Å²) in [6.07, 6.45) is 4.95. The summed E-state index contributed by atoms with van der Waals surface area (Å²) in [5, 5.41) is 7.17. The maximum atomic E-state index is 13.5. The van der Waals surface area contributed by atoms with Gasteiger partial charge in [0, 0.05) is 17.5 Å². The molecule has 0 atom stereocenters. The number of halogens is 1. The van der Waals surface area contributed by atoms with Crippen LogP contribution >= 0.6 is 0 Å². The lowest BCUT2D eigenvalue weighted by atomic mass is 9.93. The topological polar surface area (TPSA) is 102 Å². The standard InChI is InChI=1S/C24H27FN6O3/c1-24(2,3)17-10-20-30(13-19(32)27-18-9-8-14(25)11-26-18)21-16(22(33)31(20)28-17)12-29(23(21)34)15-6-4-5-7-15/h8-11,15H,4-7,12-13H2,1-3H3,(H,26,27,32). The molecule has 2 aliphatic rings. The molecule has 1 aliphatic carbocycles. The van der Waals surface area contributed by atoms with E-state index in [9.17, 15) is 18.8 Å². The SMILES string of the molecule is CC(C)(C)c1cc2n(CC(=O)Nc3ccc(F)cn3)c3c(c(=O)n2n1)CN(C1CCCC1)C3=O. The van der Waals surface area contributed by atoms with E-state index in [-0.39, 0.29) is 47.5 Å². The van der Waals surface area contributed by atoms with Gasteiger partial charge in [0.05, 0.1) is 24.0 Å². The second-order valence-corrected chi connectivity index (χ2v) is 10.0. The average Bonchev–Trinajstić information content (AvgIpc) is 3.51. The average molecular weight is 467 g/mol. The van der Waals surface area contributed by atoms with E-state index >= 15 is 0 Å². The van der Waals surface area contributed by atoms with Crippen LogP contribution in [0.1, 0.15) is 68.2 Å². The van der Waals surface area contributed by atoms with Gasteiger partial charge in [-0.15, -0.1) is 0 Å². The molecule has 34 heavy (non-hydrogen) atoms. The molecular formula is C24H27FN6O3. The summed E-state index contributed by atoms with van der Waals surface area (Å²) in [6, 6.07) is 4.43. The van der Waals surface area contributed by atoms with Gasteiger partial charge in [-0.25, -0.2) is 9.37 Å². The van der Waals surface area contributed by atoms with E-state index in [1.165, 1.54) is 16.6 Å². The molecule has 1 saturated carbocycles. The normalized spacial score (nSPS) is 16.5. The molecule has 3 aromatic heterocycles. The number of amides is 2. The fraction of sp³-hybridized carbons (Fsp3) is 0.458. The quantitative estimate of drug-likeness (QED) is 0.637. The first-order chi connectivity index (χ1) is 16.1. The molecule has 3 aromatic rings. The van der Waals surface area contributed by atoms with Gasteiger partial charge in [0.2, 0.25) is 5.91 Å². The molecule has 0 radical (unpaired) electrons. The van der Waals surface area contributed by atoms with E-state index in [1.807, 2.05) is 20.8 Å². The predicted octanol–water partition coefficient (Wildman–Crippen LogP) is 2.86. The largest absolute Gasteiger partial charge is 0.330 e. The molecule has 5 rings (SSSR count). The minimum Gasteiger partial charge on any atom is -0.330 e. The van der Waals surface area contributed by atoms with Crippen molar-refractivity contribution in [1.29, 1.82) is 0 Å². The van der Waals surface area contributed by atoms with Crippen LogP contribution in [0.25, 0.3) is 5.65 Å². The van der Waals surface area contributed by atoms with E-state index in [0.29, 0.717) is 16.9 Å². The van der Waals surface area contributed by atoms with Gasteiger partial charge in [-0.3, -0.25) is 14.4 Å². The van der Waals surface area contributed by atoms with Crippen molar-refractivity contribution in [1.82, 2.24) is 24.1 Å². The van der Waals surface area contributed by atoms with Crippen molar-refractivity contribution < 1.29 is 14.0 Å². The van der Waals surface area contributed by atoms with E-state index in [2.05, 4.69) is 15.4 Å². The number of pyridine rings is 1. The van der Waals surface area contributed by atoms with E-state index in [4.69, 9.17) is 0 Å². The highest BCUT2D eigenvalue weighted by Gasteiger charge is 2.39. The summed E-state index contributed by atoms with van der Waals surface area (Å²) in [6.45, 7) is 5.95. The fourth-order valence-electron chi connectivity index (χ4n) is 4.80. The Balaban J connectivity index is 1.60. The van der Waals surface area contributed by atoms with Gasteiger partial charge in [0.1, 0.15) is 29.5 Å². The van der Waals surface area contributed by atoms with Crippen LogP contribution in [0.3, 0.4) is 0 Å². The summed E-state index contributed by atoms with van der Waals surface area (Å²) in [7, 11) is 0. The molecule has 0 aromatic carbocycles. The molecule has 10 heteroatoms. The van der Waals surface area contributed by atoms with Crippen LogP contribution in [0.15, 0.2) is 29.2 Å². The van der Waals surface area contributed by atoms with Crippen LogP contribution in [0, 0.1) is 5.82 Å². The van der Waals surface area contributed by atoms with Crippen molar-refractivity contribution in [2.45, 2.75) is 71.0 Å². The van der Waals surface area contributed by atoms with Crippen LogP contribution in [-0.2, 0) is 23.3 Å². The van der Waals surface area contributed by atoms with Crippen LogP contribution in [0.4, 0.5) is 10.2 Å². The summed E-state index contributed by atoms with van der Waals surface area (Å²) >= 11 is 0. The highest BCUT2D eigenvalue weighted by Crippen LogP contribution is 2.32. The van der Waals surface area contributed by atoms with Gasteiger partial charge in [0.15, 0.2) is 0 Å². The highest BCUT2D eigenvalue weighted by atomic mass is 19.1. The molecule has 2 amide bonds. The highest BCUT2D eigenvalue weighted by molar-refractivity contribution is 5.98. The zero-order valence-corrected chi connectivity index (χ0v) is 19.5. The van der Waals surface area contributed by atoms with E-state index < -0.39 is 11.7 Å². The van der Waals surface area contributed by atoms with Gasteiger partial charge in [0.25, 0.3) is 11.5 Å². The number of rotatable bonds is 4. The Labute approximate surface area is 195 Å². The van der Waals surface area contributed by atoms with Gasteiger partial charge < -0.3 is 14.8 Å². The first-order valence-electron chi connectivity index (χ1n) is 11.5. The molecule has 4 heterocycles. The predicted molar refractivity (Wildman–Crippen MR) is 123 cm³/mol. The van der Waals surface area contributed by atoms with Gasteiger partial charge in [-0.05, 0) is 25.0 Å². The summed E-state index contributed by atoms with van der Waals surface area (Å²) in [4.78, 5) is 45.5. The summed E-state index contributed by atoms with van der Waals surface area (Å²) < 4.78 is 16.1. The summed E-state index contributed by atoms with van der Waals surface area (Å²) in [5.41, 5.74) is 1.01. The second-order valence-electron chi connectivity index (χ2n) is 10.0. The van der Waals surface area contributed by atoms with Crippen molar-refractivity contribution in [3.05, 3.63) is 57.5 Å². The van der Waals surface area contributed by atoms with Crippen LogP contribution < -0.4 is 10.9 Å². The van der Waals surface area contributed by atoms with Crippen molar-refractivity contribution in [2.24, 2.45) is 0 Å². The third kappa shape index (κ3) is 3.76.